The van der Waals surface area contributed by atoms with E-state index in [1.807, 2.05) is 18.2 Å². The molecule has 1 atom stereocenters. The lowest BCUT2D eigenvalue weighted by Crippen LogP contribution is -1.93. The van der Waals surface area contributed by atoms with Crippen LogP contribution >= 0.6 is 27.5 Å². The SMILES string of the molecule is CCCc1ccc(C(Br)c2cccc(Cl)c2)cc1. The van der Waals surface area contributed by atoms with Gasteiger partial charge in [-0.05, 0) is 35.2 Å². The molecule has 0 fully saturated rings. The summed E-state index contributed by atoms with van der Waals surface area (Å²) >= 11 is 9.76. The average molecular weight is 324 g/mol. The number of hydrogen-bond acceptors (Lipinski definition) is 0. The second kappa shape index (κ2) is 6.40. The highest BCUT2D eigenvalue weighted by Gasteiger charge is 2.10. The van der Waals surface area contributed by atoms with E-state index in [1.165, 1.54) is 23.1 Å². The van der Waals surface area contributed by atoms with E-state index in [9.17, 15) is 0 Å². The number of hydrogen-bond donors (Lipinski definition) is 0. The smallest absolute Gasteiger partial charge is 0.0645 e. The van der Waals surface area contributed by atoms with E-state index in [1.54, 1.807) is 0 Å². The first-order chi connectivity index (χ1) is 8.70. The van der Waals surface area contributed by atoms with Crippen LogP contribution in [0.15, 0.2) is 48.5 Å². The molecule has 2 heteroatoms. The van der Waals surface area contributed by atoms with Crippen LogP contribution in [-0.4, -0.2) is 0 Å². The van der Waals surface area contributed by atoms with Crippen LogP contribution in [0, 0.1) is 0 Å². The highest BCUT2D eigenvalue weighted by Crippen LogP contribution is 2.32. The molecular formula is C16H16BrCl. The van der Waals surface area contributed by atoms with Gasteiger partial charge in [0.25, 0.3) is 0 Å². The maximum Gasteiger partial charge on any atom is 0.0645 e. The van der Waals surface area contributed by atoms with Crippen LogP contribution in [0.5, 0.6) is 0 Å². The molecule has 18 heavy (non-hydrogen) atoms. The fourth-order valence-corrected chi connectivity index (χ4v) is 2.79. The minimum atomic E-state index is 0.201. The van der Waals surface area contributed by atoms with Crippen molar-refractivity contribution < 1.29 is 0 Å². The Morgan fingerprint density at radius 1 is 1.06 bits per heavy atom. The summed E-state index contributed by atoms with van der Waals surface area (Å²) in [6.07, 6.45) is 2.33. The predicted octanol–water partition coefficient (Wildman–Crippen LogP) is 5.78. The third-order valence-corrected chi connectivity index (χ3v) is 4.24. The first-order valence-electron chi connectivity index (χ1n) is 6.19. The maximum absolute atomic E-state index is 6.02. The molecule has 0 spiro atoms. The van der Waals surface area contributed by atoms with Crippen LogP contribution in [0.4, 0.5) is 0 Å². The Hall–Kier alpha value is -0.790. The molecule has 0 aliphatic carbocycles. The van der Waals surface area contributed by atoms with Gasteiger partial charge >= 0.3 is 0 Å². The van der Waals surface area contributed by atoms with E-state index in [0.717, 1.165) is 11.4 Å². The van der Waals surface area contributed by atoms with Gasteiger partial charge in [-0.3, -0.25) is 0 Å². The molecule has 0 radical (unpaired) electrons. The van der Waals surface area contributed by atoms with E-state index in [2.05, 4.69) is 53.2 Å². The number of aryl methyl sites for hydroxylation is 1. The van der Waals surface area contributed by atoms with E-state index in [4.69, 9.17) is 11.6 Å². The number of rotatable bonds is 4. The Morgan fingerprint density at radius 3 is 2.39 bits per heavy atom. The zero-order chi connectivity index (χ0) is 13.0. The van der Waals surface area contributed by atoms with Gasteiger partial charge in [0.15, 0.2) is 0 Å². The Kier molecular flexibility index (Phi) is 4.85. The van der Waals surface area contributed by atoms with Crippen LogP contribution in [0.1, 0.15) is 34.9 Å². The summed E-state index contributed by atoms with van der Waals surface area (Å²) in [5, 5.41) is 0.777. The van der Waals surface area contributed by atoms with Gasteiger partial charge in [-0.1, -0.05) is 77.3 Å². The summed E-state index contributed by atoms with van der Waals surface area (Å²) in [6, 6.07) is 16.8. The van der Waals surface area contributed by atoms with Gasteiger partial charge < -0.3 is 0 Å². The van der Waals surface area contributed by atoms with Gasteiger partial charge in [0.2, 0.25) is 0 Å². The number of halogens is 2. The molecule has 0 nitrogen and oxygen atoms in total. The summed E-state index contributed by atoms with van der Waals surface area (Å²) in [4.78, 5) is 0.201. The van der Waals surface area contributed by atoms with Crippen LogP contribution in [0.25, 0.3) is 0 Å². The summed E-state index contributed by atoms with van der Waals surface area (Å²) in [5.41, 5.74) is 3.84. The Balaban J connectivity index is 2.20. The summed E-state index contributed by atoms with van der Waals surface area (Å²) < 4.78 is 0. The van der Waals surface area contributed by atoms with E-state index < -0.39 is 0 Å². The van der Waals surface area contributed by atoms with Gasteiger partial charge in [-0.2, -0.15) is 0 Å². The van der Waals surface area contributed by atoms with Gasteiger partial charge in [0.1, 0.15) is 0 Å². The first-order valence-corrected chi connectivity index (χ1v) is 7.48. The topological polar surface area (TPSA) is 0 Å². The lowest BCUT2D eigenvalue weighted by atomic mass is 10.0. The van der Waals surface area contributed by atoms with E-state index >= 15 is 0 Å². The molecule has 0 saturated heterocycles. The summed E-state index contributed by atoms with van der Waals surface area (Å²) in [6.45, 7) is 2.20. The van der Waals surface area contributed by atoms with Crippen molar-refractivity contribution in [2.45, 2.75) is 24.6 Å². The van der Waals surface area contributed by atoms with Gasteiger partial charge in [0.05, 0.1) is 4.83 Å². The first kappa shape index (κ1) is 13.6. The van der Waals surface area contributed by atoms with Crippen LogP contribution in [0.3, 0.4) is 0 Å². The van der Waals surface area contributed by atoms with Crippen LogP contribution < -0.4 is 0 Å². The van der Waals surface area contributed by atoms with Crippen molar-refractivity contribution in [3.8, 4) is 0 Å². The Bertz CT molecular complexity index is 505. The van der Waals surface area contributed by atoms with Crippen molar-refractivity contribution in [2.75, 3.05) is 0 Å². The second-order valence-electron chi connectivity index (χ2n) is 4.41. The van der Waals surface area contributed by atoms with Crippen molar-refractivity contribution in [1.82, 2.24) is 0 Å². The molecule has 0 bridgehead atoms. The molecule has 1 unspecified atom stereocenters. The average Bonchev–Trinajstić information content (AvgIpc) is 2.39. The largest absolute Gasteiger partial charge is 0.0843 e. The predicted molar refractivity (Wildman–Crippen MR) is 82.7 cm³/mol. The molecule has 0 amide bonds. The van der Waals surface area contributed by atoms with Crippen molar-refractivity contribution in [3.05, 3.63) is 70.2 Å². The van der Waals surface area contributed by atoms with Crippen molar-refractivity contribution in [3.63, 3.8) is 0 Å². The maximum atomic E-state index is 6.02. The Labute approximate surface area is 122 Å². The lowest BCUT2D eigenvalue weighted by molar-refractivity contribution is 0.920. The standard InChI is InChI=1S/C16H16BrCl/c1-2-4-12-7-9-13(10-8-12)16(17)14-5-3-6-15(18)11-14/h3,5-11,16H,2,4H2,1H3. The van der Waals surface area contributed by atoms with E-state index in [-0.39, 0.29) is 4.83 Å². The molecule has 0 heterocycles. The van der Waals surface area contributed by atoms with Crippen molar-refractivity contribution >= 4 is 27.5 Å². The monoisotopic (exact) mass is 322 g/mol. The van der Waals surface area contributed by atoms with Gasteiger partial charge in [-0.25, -0.2) is 0 Å². The summed E-state index contributed by atoms with van der Waals surface area (Å²) in [5.74, 6) is 0. The molecular weight excluding hydrogens is 308 g/mol. The van der Waals surface area contributed by atoms with E-state index in [0.29, 0.717) is 0 Å². The van der Waals surface area contributed by atoms with Crippen molar-refractivity contribution in [1.29, 1.82) is 0 Å². The molecule has 0 aliphatic heterocycles. The minimum absolute atomic E-state index is 0.201. The highest BCUT2D eigenvalue weighted by molar-refractivity contribution is 9.09. The van der Waals surface area contributed by atoms with Crippen LogP contribution in [-0.2, 0) is 6.42 Å². The highest BCUT2D eigenvalue weighted by atomic mass is 79.9. The number of alkyl halides is 1. The molecule has 0 aliphatic rings. The molecule has 2 aromatic carbocycles. The Morgan fingerprint density at radius 2 is 1.78 bits per heavy atom. The van der Waals surface area contributed by atoms with Gasteiger partial charge in [0, 0.05) is 5.02 Å². The molecule has 2 rings (SSSR count). The quantitative estimate of drug-likeness (QED) is 0.626. The fraction of sp³-hybridized carbons (Fsp3) is 0.250. The van der Waals surface area contributed by atoms with Gasteiger partial charge in [-0.15, -0.1) is 0 Å². The third kappa shape index (κ3) is 3.37. The fourth-order valence-electron chi connectivity index (χ4n) is 2.00. The molecule has 0 N–H and O–H groups in total. The zero-order valence-corrected chi connectivity index (χ0v) is 12.7. The minimum Gasteiger partial charge on any atom is -0.0843 e. The summed E-state index contributed by atoms with van der Waals surface area (Å²) in [7, 11) is 0. The third-order valence-electron chi connectivity index (χ3n) is 2.95. The zero-order valence-electron chi connectivity index (χ0n) is 10.4. The molecule has 2 aromatic rings. The normalized spacial score (nSPS) is 12.4. The molecule has 94 valence electrons. The van der Waals surface area contributed by atoms with Crippen molar-refractivity contribution in [2.24, 2.45) is 0 Å². The second-order valence-corrected chi connectivity index (χ2v) is 5.76. The molecule has 0 aromatic heterocycles. The lowest BCUT2D eigenvalue weighted by Gasteiger charge is -2.11. The molecule has 0 saturated carbocycles. The van der Waals surface area contributed by atoms with Crippen LogP contribution in [0.2, 0.25) is 5.02 Å². The number of benzene rings is 2.